The van der Waals surface area contributed by atoms with Gasteiger partial charge in [-0.1, -0.05) is 6.92 Å². The average Bonchev–Trinajstić information content (AvgIpc) is 3.53. The van der Waals surface area contributed by atoms with Crippen molar-refractivity contribution in [1.29, 1.82) is 0 Å². The highest BCUT2D eigenvalue weighted by Crippen LogP contribution is 2.31. The van der Waals surface area contributed by atoms with Crippen molar-refractivity contribution < 1.29 is 28.2 Å². The molecule has 0 saturated carbocycles. The van der Waals surface area contributed by atoms with Crippen LogP contribution in [0.2, 0.25) is 0 Å². The maximum Gasteiger partial charge on any atom is 0.251 e. The van der Waals surface area contributed by atoms with Crippen LogP contribution in [0.3, 0.4) is 0 Å². The number of nitrogens with zero attached hydrogens (tertiary/aromatic N) is 4. The number of guanidine groups is 1. The van der Waals surface area contributed by atoms with Crippen molar-refractivity contribution in [1.82, 2.24) is 30.3 Å². The molecule has 1 unspecified atom stereocenters. The maximum absolute atomic E-state index is 14.8. The van der Waals surface area contributed by atoms with E-state index < -0.39 is 35.6 Å². The molecular weight excluding hydrogens is 626 g/mol. The number of aliphatic hydroxyl groups excluding tert-OH is 1. The van der Waals surface area contributed by atoms with Crippen LogP contribution in [0.15, 0.2) is 53.9 Å². The Morgan fingerprint density at radius 2 is 1.88 bits per heavy atom. The monoisotopic (exact) mass is 666 g/mol. The minimum Gasteiger partial charge on any atom is -0.494 e. The van der Waals surface area contributed by atoms with E-state index in [9.17, 15) is 23.5 Å². The second-order valence-corrected chi connectivity index (χ2v) is 10.8. The van der Waals surface area contributed by atoms with E-state index in [1.807, 2.05) is 6.92 Å². The number of nitrogens with one attached hydrogen (secondary N) is 4. The number of benzene rings is 2. The van der Waals surface area contributed by atoms with Crippen molar-refractivity contribution in [3.05, 3.63) is 71.7 Å². The molecule has 9 N–H and O–H groups in total. The van der Waals surface area contributed by atoms with Crippen molar-refractivity contribution in [2.24, 2.45) is 16.5 Å². The SMILES string of the molecule is CCc1cc(Nc2nccn3c(-c4ccc(OC)c(F)c4F)cnc23)ccc1C(=O)NCC(O)CNC(=O)[C@@H](N)CCCNC(N)=NC. The van der Waals surface area contributed by atoms with Gasteiger partial charge in [0, 0.05) is 55.9 Å². The topological polar surface area (TPSA) is 206 Å². The average molecular weight is 667 g/mol. The zero-order chi connectivity index (χ0) is 34.8. The lowest BCUT2D eigenvalue weighted by Crippen LogP contribution is -2.46. The molecule has 2 aromatic heterocycles. The number of anilines is 2. The number of aromatic nitrogens is 3. The largest absolute Gasteiger partial charge is 0.494 e. The Balaban J connectivity index is 1.35. The van der Waals surface area contributed by atoms with Gasteiger partial charge in [-0.3, -0.25) is 19.0 Å². The molecule has 4 rings (SSSR count). The third-order valence-corrected chi connectivity index (χ3v) is 7.55. The van der Waals surface area contributed by atoms with Crippen LogP contribution in [0.4, 0.5) is 20.3 Å². The van der Waals surface area contributed by atoms with Crippen LogP contribution >= 0.6 is 0 Å². The number of amides is 2. The van der Waals surface area contributed by atoms with Crippen molar-refractivity contribution >= 4 is 34.9 Å². The number of rotatable bonds is 15. The molecule has 256 valence electrons. The smallest absolute Gasteiger partial charge is 0.251 e. The van der Waals surface area contributed by atoms with Gasteiger partial charge in [0.1, 0.15) is 0 Å². The molecule has 0 aliphatic rings. The molecule has 2 atom stereocenters. The van der Waals surface area contributed by atoms with Gasteiger partial charge in [0.25, 0.3) is 5.91 Å². The number of aryl methyl sites for hydroxylation is 1. The van der Waals surface area contributed by atoms with Crippen LogP contribution in [0.5, 0.6) is 5.75 Å². The molecule has 0 spiro atoms. The number of nitrogens with two attached hydrogens (primary N) is 2. The number of imidazole rings is 1. The van der Waals surface area contributed by atoms with Gasteiger partial charge in [0.2, 0.25) is 11.7 Å². The summed E-state index contributed by atoms with van der Waals surface area (Å²) in [4.78, 5) is 37.8. The number of ether oxygens (including phenoxy) is 1. The highest BCUT2D eigenvalue weighted by molar-refractivity contribution is 5.96. The standard InChI is InChI=1S/C32H40F2N10O4/c1-4-18-14-19(43-28-29-40-17-24(44(29)13-12-38-28)22-9-10-25(48-3)27(34)26(22)33)7-8-21(18)30(46)41-15-20(45)16-42-31(47)23(35)6-5-11-39-32(36)37-2/h7-10,12-14,17,20,23,45H,4-6,11,15-16,35H2,1-3H3,(H,38,43)(H,41,46)(H,42,47)(H3,36,37,39)/t20?,23-/m0/s1. The molecule has 2 aromatic carbocycles. The lowest BCUT2D eigenvalue weighted by atomic mass is 10.0. The fraction of sp³-hybridized carbons (Fsp3) is 0.344. The lowest BCUT2D eigenvalue weighted by molar-refractivity contribution is -0.122. The van der Waals surface area contributed by atoms with Gasteiger partial charge in [-0.05, 0) is 55.2 Å². The Kier molecular flexibility index (Phi) is 12.2. The van der Waals surface area contributed by atoms with Gasteiger partial charge >= 0.3 is 0 Å². The molecule has 0 aliphatic carbocycles. The number of halogens is 2. The number of aliphatic hydroxyl groups is 1. The number of methoxy groups -OCH3 is 1. The summed E-state index contributed by atoms with van der Waals surface area (Å²) in [6.45, 7) is 2.24. The highest BCUT2D eigenvalue weighted by Gasteiger charge is 2.20. The molecule has 2 heterocycles. The minimum absolute atomic E-state index is 0.00562. The second-order valence-electron chi connectivity index (χ2n) is 10.8. The van der Waals surface area contributed by atoms with Crippen LogP contribution in [0.25, 0.3) is 16.9 Å². The van der Waals surface area contributed by atoms with Crippen LogP contribution in [-0.2, 0) is 11.2 Å². The first-order chi connectivity index (χ1) is 23.1. The van der Waals surface area contributed by atoms with Gasteiger partial charge in [0.15, 0.2) is 29.0 Å². The second kappa shape index (κ2) is 16.5. The van der Waals surface area contributed by atoms with Crippen LogP contribution < -0.4 is 37.5 Å². The van der Waals surface area contributed by atoms with Crippen molar-refractivity contribution in [2.45, 2.75) is 38.3 Å². The molecule has 16 heteroatoms. The normalized spacial score (nSPS) is 12.8. The summed E-state index contributed by atoms with van der Waals surface area (Å²) in [6.07, 6.45) is 5.01. The first-order valence-electron chi connectivity index (χ1n) is 15.3. The quantitative estimate of drug-likeness (QED) is 0.0557. The molecule has 0 fully saturated rings. The predicted octanol–water partition coefficient (Wildman–Crippen LogP) is 1.84. The molecule has 48 heavy (non-hydrogen) atoms. The van der Waals surface area contributed by atoms with E-state index in [1.54, 1.807) is 35.8 Å². The fourth-order valence-corrected chi connectivity index (χ4v) is 4.89. The van der Waals surface area contributed by atoms with E-state index in [2.05, 4.69) is 36.2 Å². The van der Waals surface area contributed by atoms with Gasteiger partial charge in [0.05, 0.1) is 31.1 Å². The minimum atomic E-state index is -1.10. The number of hydrogen-bond acceptors (Lipinski definition) is 9. The Morgan fingerprint density at radius 3 is 2.60 bits per heavy atom. The molecule has 0 aliphatic heterocycles. The fourth-order valence-electron chi connectivity index (χ4n) is 4.89. The first kappa shape index (κ1) is 35.5. The molecule has 0 radical (unpaired) electrons. The summed E-state index contributed by atoms with van der Waals surface area (Å²) in [5.74, 6) is -2.51. The number of hydrogen-bond donors (Lipinski definition) is 7. The van der Waals surface area contributed by atoms with E-state index in [4.69, 9.17) is 16.2 Å². The van der Waals surface area contributed by atoms with E-state index in [0.29, 0.717) is 60.2 Å². The maximum atomic E-state index is 14.8. The predicted molar refractivity (Wildman–Crippen MR) is 178 cm³/mol. The number of carbonyl (C=O) groups is 2. The molecule has 0 bridgehead atoms. The molecular formula is C32H40F2N10O4. The van der Waals surface area contributed by atoms with Crippen LogP contribution in [0, 0.1) is 11.6 Å². The number of fused-ring (bicyclic) bond motifs is 1. The molecule has 2 amide bonds. The van der Waals surface area contributed by atoms with Gasteiger partial charge in [-0.25, -0.2) is 14.4 Å². The summed E-state index contributed by atoms with van der Waals surface area (Å²) in [5, 5.41) is 21.7. The third-order valence-electron chi connectivity index (χ3n) is 7.55. The molecule has 0 saturated heterocycles. The van der Waals surface area contributed by atoms with E-state index in [1.165, 1.54) is 31.6 Å². The van der Waals surface area contributed by atoms with Crippen molar-refractivity contribution in [2.75, 3.05) is 39.1 Å². The lowest BCUT2D eigenvalue weighted by Gasteiger charge is -2.17. The molecule has 4 aromatic rings. The molecule has 14 nitrogen and oxygen atoms in total. The summed E-state index contributed by atoms with van der Waals surface area (Å²) >= 11 is 0. The Hall–Kier alpha value is -5.35. The summed E-state index contributed by atoms with van der Waals surface area (Å²) in [7, 11) is 2.82. The van der Waals surface area contributed by atoms with Crippen LogP contribution in [0.1, 0.15) is 35.7 Å². The zero-order valence-corrected chi connectivity index (χ0v) is 26.9. The van der Waals surface area contributed by atoms with Crippen LogP contribution in [-0.4, -0.2) is 83.2 Å². The third kappa shape index (κ3) is 8.51. The summed E-state index contributed by atoms with van der Waals surface area (Å²) in [5.41, 5.74) is 13.9. The Morgan fingerprint density at radius 1 is 1.10 bits per heavy atom. The summed E-state index contributed by atoms with van der Waals surface area (Å²) < 4.78 is 35.7. The van der Waals surface area contributed by atoms with E-state index >= 15 is 0 Å². The highest BCUT2D eigenvalue weighted by atomic mass is 19.2. The first-order valence-corrected chi connectivity index (χ1v) is 15.3. The van der Waals surface area contributed by atoms with Gasteiger partial charge in [-0.2, -0.15) is 4.39 Å². The van der Waals surface area contributed by atoms with Crippen molar-refractivity contribution in [3.63, 3.8) is 0 Å². The Bertz CT molecular complexity index is 1780. The summed E-state index contributed by atoms with van der Waals surface area (Å²) in [6, 6.07) is 7.13. The zero-order valence-electron chi connectivity index (χ0n) is 26.9. The van der Waals surface area contributed by atoms with Gasteiger partial charge < -0.3 is 42.6 Å². The van der Waals surface area contributed by atoms with Gasteiger partial charge in [-0.15, -0.1) is 0 Å². The Labute approximate surface area is 276 Å². The van der Waals surface area contributed by atoms with Crippen molar-refractivity contribution in [3.8, 4) is 17.0 Å². The number of aliphatic imine (C=N–C) groups is 1. The number of carbonyl (C=O) groups excluding carboxylic acids is 2. The van der Waals surface area contributed by atoms with E-state index in [0.717, 1.165) is 5.56 Å². The van der Waals surface area contributed by atoms with E-state index in [-0.39, 0.29) is 24.4 Å².